The fraction of sp³-hybridized carbons (Fsp3) is 0.875. The Morgan fingerprint density at radius 1 is 1.64 bits per heavy atom. The Labute approximate surface area is 72.3 Å². The van der Waals surface area contributed by atoms with E-state index in [1.807, 2.05) is 16.7 Å². The van der Waals surface area contributed by atoms with E-state index in [0.717, 1.165) is 37.4 Å². The minimum absolute atomic E-state index is 0.349. The van der Waals surface area contributed by atoms with Crippen LogP contribution in [0.3, 0.4) is 0 Å². The van der Waals surface area contributed by atoms with Gasteiger partial charge in [0.1, 0.15) is 0 Å². The van der Waals surface area contributed by atoms with Gasteiger partial charge in [0.25, 0.3) is 0 Å². The van der Waals surface area contributed by atoms with Crippen molar-refractivity contribution in [2.75, 3.05) is 24.6 Å². The molecule has 0 N–H and O–H groups in total. The standard InChI is InChI=1S/C8H15NOS/c1-2-11-7-6-9-5-3-4-8(9)10/h2-7H2,1H3. The quantitative estimate of drug-likeness (QED) is 0.598. The Balaban J connectivity index is 2.10. The van der Waals surface area contributed by atoms with Crippen molar-refractivity contribution >= 4 is 17.7 Å². The molecular formula is C8H15NOS. The molecule has 0 unspecified atom stereocenters. The summed E-state index contributed by atoms with van der Waals surface area (Å²) in [7, 11) is 0. The largest absolute Gasteiger partial charge is 0.342 e. The Kier molecular flexibility index (Phi) is 3.77. The van der Waals surface area contributed by atoms with E-state index >= 15 is 0 Å². The molecule has 0 saturated carbocycles. The summed E-state index contributed by atoms with van der Waals surface area (Å²) in [5, 5.41) is 0. The second kappa shape index (κ2) is 4.65. The van der Waals surface area contributed by atoms with Crippen LogP contribution >= 0.6 is 11.8 Å². The lowest BCUT2D eigenvalue weighted by molar-refractivity contribution is -0.127. The summed E-state index contributed by atoms with van der Waals surface area (Å²) >= 11 is 1.90. The first-order valence-electron chi connectivity index (χ1n) is 4.20. The maximum atomic E-state index is 11.1. The highest BCUT2D eigenvalue weighted by molar-refractivity contribution is 7.99. The molecule has 64 valence electrons. The van der Waals surface area contributed by atoms with Gasteiger partial charge >= 0.3 is 0 Å². The van der Waals surface area contributed by atoms with Gasteiger partial charge in [0.05, 0.1) is 0 Å². The van der Waals surface area contributed by atoms with Crippen molar-refractivity contribution < 1.29 is 4.79 Å². The first-order chi connectivity index (χ1) is 5.34. The van der Waals surface area contributed by atoms with Gasteiger partial charge in [0.2, 0.25) is 5.91 Å². The van der Waals surface area contributed by atoms with E-state index in [-0.39, 0.29) is 0 Å². The van der Waals surface area contributed by atoms with Crippen LogP contribution in [-0.2, 0) is 4.79 Å². The van der Waals surface area contributed by atoms with Crippen molar-refractivity contribution in [3.8, 4) is 0 Å². The van der Waals surface area contributed by atoms with Gasteiger partial charge in [-0.25, -0.2) is 0 Å². The predicted octanol–water partition coefficient (Wildman–Crippen LogP) is 1.36. The number of likely N-dealkylation sites (tertiary alicyclic amines) is 1. The normalized spacial score (nSPS) is 17.9. The molecule has 1 fully saturated rings. The third-order valence-electron chi connectivity index (χ3n) is 1.88. The van der Waals surface area contributed by atoms with Crippen molar-refractivity contribution in [3.05, 3.63) is 0 Å². The summed E-state index contributed by atoms with van der Waals surface area (Å²) in [5.41, 5.74) is 0. The highest BCUT2D eigenvalue weighted by Crippen LogP contribution is 2.10. The van der Waals surface area contributed by atoms with E-state index in [0.29, 0.717) is 5.91 Å². The zero-order valence-corrected chi connectivity index (χ0v) is 7.82. The lowest BCUT2D eigenvalue weighted by Gasteiger charge is -2.13. The summed E-state index contributed by atoms with van der Waals surface area (Å²) in [6.45, 7) is 4.09. The molecule has 0 spiro atoms. The molecule has 0 aliphatic carbocycles. The average Bonchev–Trinajstić information content (AvgIpc) is 2.37. The summed E-state index contributed by atoms with van der Waals surface area (Å²) in [6, 6.07) is 0. The molecule has 1 rings (SSSR count). The Bertz CT molecular complexity index is 138. The summed E-state index contributed by atoms with van der Waals surface area (Å²) in [5.74, 6) is 2.60. The van der Waals surface area contributed by atoms with Crippen LogP contribution in [-0.4, -0.2) is 35.4 Å². The molecule has 1 aliphatic rings. The third-order valence-corrected chi connectivity index (χ3v) is 2.76. The number of rotatable bonds is 4. The highest BCUT2D eigenvalue weighted by atomic mass is 32.2. The molecule has 0 atom stereocenters. The maximum Gasteiger partial charge on any atom is 0.222 e. The number of carbonyl (C=O) groups excluding carboxylic acids is 1. The first-order valence-corrected chi connectivity index (χ1v) is 5.35. The Morgan fingerprint density at radius 2 is 2.45 bits per heavy atom. The lowest BCUT2D eigenvalue weighted by Crippen LogP contribution is -2.26. The Morgan fingerprint density at radius 3 is 3.00 bits per heavy atom. The zero-order valence-electron chi connectivity index (χ0n) is 7.01. The van der Waals surface area contributed by atoms with Crippen LogP contribution in [0.5, 0.6) is 0 Å². The second-order valence-corrected chi connectivity index (χ2v) is 4.08. The summed E-state index contributed by atoms with van der Waals surface area (Å²) < 4.78 is 0. The van der Waals surface area contributed by atoms with Gasteiger partial charge in [0, 0.05) is 25.3 Å². The second-order valence-electron chi connectivity index (χ2n) is 2.68. The lowest BCUT2D eigenvalue weighted by atomic mass is 10.4. The van der Waals surface area contributed by atoms with Crippen molar-refractivity contribution in [3.63, 3.8) is 0 Å². The van der Waals surface area contributed by atoms with E-state index in [2.05, 4.69) is 6.92 Å². The van der Waals surface area contributed by atoms with E-state index in [1.54, 1.807) is 0 Å². The molecule has 0 aromatic rings. The van der Waals surface area contributed by atoms with Crippen LogP contribution in [0, 0.1) is 0 Å². The van der Waals surface area contributed by atoms with E-state index in [1.165, 1.54) is 0 Å². The topological polar surface area (TPSA) is 20.3 Å². The molecule has 2 nitrogen and oxygen atoms in total. The van der Waals surface area contributed by atoms with E-state index < -0.39 is 0 Å². The molecular weight excluding hydrogens is 158 g/mol. The average molecular weight is 173 g/mol. The molecule has 1 aliphatic heterocycles. The Hall–Kier alpha value is -0.180. The minimum Gasteiger partial charge on any atom is -0.342 e. The summed E-state index contributed by atoms with van der Waals surface area (Å²) in [4.78, 5) is 13.1. The van der Waals surface area contributed by atoms with Crippen LogP contribution in [0.2, 0.25) is 0 Å². The monoisotopic (exact) mass is 173 g/mol. The molecule has 1 amide bonds. The van der Waals surface area contributed by atoms with E-state index in [9.17, 15) is 4.79 Å². The molecule has 0 aromatic heterocycles. The third kappa shape index (κ3) is 2.73. The van der Waals surface area contributed by atoms with Gasteiger partial charge in [-0.1, -0.05) is 6.92 Å². The molecule has 3 heteroatoms. The fourth-order valence-electron chi connectivity index (χ4n) is 1.26. The van der Waals surface area contributed by atoms with Gasteiger partial charge < -0.3 is 4.90 Å². The number of hydrogen-bond acceptors (Lipinski definition) is 2. The maximum absolute atomic E-state index is 11.1. The van der Waals surface area contributed by atoms with Crippen LogP contribution in [0.1, 0.15) is 19.8 Å². The first kappa shape index (κ1) is 8.91. The molecule has 0 radical (unpaired) electrons. The van der Waals surface area contributed by atoms with Gasteiger partial charge in [-0.3, -0.25) is 4.79 Å². The van der Waals surface area contributed by atoms with Crippen molar-refractivity contribution in [2.24, 2.45) is 0 Å². The molecule has 0 aromatic carbocycles. The van der Waals surface area contributed by atoms with Crippen LogP contribution in [0.4, 0.5) is 0 Å². The summed E-state index contributed by atoms with van der Waals surface area (Å²) in [6.07, 6.45) is 1.84. The smallest absolute Gasteiger partial charge is 0.222 e. The number of thioether (sulfide) groups is 1. The van der Waals surface area contributed by atoms with Crippen molar-refractivity contribution in [1.82, 2.24) is 4.90 Å². The van der Waals surface area contributed by atoms with Crippen molar-refractivity contribution in [1.29, 1.82) is 0 Å². The van der Waals surface area contributed by atoms with E-state index in [4.69, 9.17) is 0 Å². The van der Waals surface area contributed by atoms with Crippen LogP contribution in [0.15, 0.2) is 0 Å². The highest BCUT2D eigenvalue weighted by Gasteiger charge is 2.18. The minimum atomic E-state index is 0.349. The van der Waals surface area contributed by atoms with Gasteiger partial charge in [0.15, 0.2) is 0 Å². The number of amides is 1. The zero-order chi connectivity index (χ0) is 8.10. The fourth-order valence-corrected chi connectivity index (χ4v) is 1.90. The van der Waals surface area contributed by atoms with Crippen LogP contribution in [0.25, 0.3) is 0 Å². The predicted molar refractivity (Wildman–Crippen MR) is 48.8 cm³/mol. The molecule has 1 saturated heterocycles. The van der Waals surface area contributed by atoms with Gasteiger partial charge in [-0.05, 0) is 12.2 Å². The molecule has 0 bridgehead atoms. The number of nitrogens with zero attached hydrogens (tertiary/aromatic N) is 1. The number of carbonyl (C=O) groups is 1. The number of hydrogen-bond donors (Lipinski definition) is 0. The van der Waals surface area contributed by atoms with Gasteiger partial charge in [-0.2, -0.15) is 11.8 Å². The van der Waals surface area contributed by atoms with Crippen molar-refractivity contribution in [2.45, 2.75) is 19.8 Å². The SMILES string of the molecule is CCSCCN1CCCC1=O. The molecule has 1 heterocycles. The van der Waals surface area contributed by atoms with Gasteiger partial charge in [-0.15, -0.1) is 0 Å². The molecule has 11 heavy (non-hydrogen) atoms. The van der Waals surface area contributed by atoms with Crippen LogP contribution < -0.4 is 0 Å².